The molecule has 0 nitrogen and oxygen atoms in total. The molecule has 76 valence electrons. The van der Waals surface area contributed by atoms with Gasteiger partial charge in [0.1, 0.15) is 0 Å². The van der Waals surface area contributed by atoms with Gasteiger partial charge in [-0.15, -0.1) is 11.3 Å². The van der Waals surface area contributed by atoms with Crippen LogP contribution < -0.4 is 0 Å². The predicted octanol–water partition coefficient (Wildman–Crippen LogP) is 5.28. The molecule has 0 aliphatic rings. The van der Waals surface area contributed by atoms with Crippen molar-refractivity contribution in [3.8, 4) is 0 Å². The lowest BCUT2D eigenvalue weighted by Gasteiger charge is -2.08. The van der Waals surface area contributed by atoms with Gasteiger partial charge in [-0.05, 0) is 23.5 Å². The third kappa shape index (κ3) is 2.99. The van der Waals surface area contributed by atoms with Crippen LogP contribution in [0, 0.1) is 0 Å². The molecule has 13 heavy (non-hydrogen) atoms. The van der Waals surface area contributed by atoms with E-state index >= 15 is 0 Å². The predicted molar refractivity (Wildman–Crippen MR) is 64.2 cm³/mol. The number of halogens is 1. The van der Waals surface area contributed by atoms with Gasteiger partial charge in [-0.1, -0.05) is 46.7 Å². The highest BCUT2D eigenvalue weighted by Gasteiger charge is 2.13. The van der Waals surface area contributed by atoms with Crippen molar-refractivity contribution < 1.29 is 0 Å². The Morgan fingerprint density at radius 2 is 1.69 bits per heavy atom. The average Bonchev–Trinajstić information content (AvgIpc) is 2.31. The molecule has 0 atom stereocenters. The summed E-state index contributed by atoms with van der Waals surface area (Å²) in [6, 6.07) is 2.10. The Kier molecular flexibility index (Phi) is 5.01. The fourth-order valence-electron chi connectivity index (χ4n) is 1.29. The van der Waals surface area contributed by atoms with Crippen molar-refractivity contribution in [1.29, 1.82) is 0 Å². The zero-order chi connectivity index (χ0) is 9.30. The molecule has 0 spiro atoms. The van der Waals surface area contributed by atoms with Crippen molar-refractivity contribution in [3.05, 3.63) is 20.8 Å². The van der Waals surface area contributed by atoms with Crippen LogP contribution in [0.5, 0.6) is 0 Å². The van der Waals surface area contributed by atoms with Crippen LogP contribution in [-0.4, -0.2) is 0 Å². The van der Waals surface area contributed by atoms with Gasteiger partial charge in [-0.25, -0.2) is 0 Å². The lowest BCUT2D eigenvalue weighted by molar-refractivity contribution is 0.810. The lowest BCUT2D eigenvalue weighted by atomic mass is 9.99. The van der Waals surface area contributed by atoms with Gasteiger partial charge in [0.25, 0.3) is 0 Å². The molecule has 2 heteroatoms. The summed E-state index contributed by atoms with van der Waals surface area (Å²) in [5.74, 6) is 1.19. The van der Waals surface area contributed by atoms with Crippen LogP contribution in [0.4, 0.5) is 0 Å². The second kappa shape index (κ2) is 5.02. The van der Waals surface area contributed by atoms with Crippen LogP contribution in [0.15, 0.2) is 6.07 Å². The molecule has 0 unspecified atom stereocenters. The van der Waals surface area contributed by atoms with Gasteiger partial charge >= 0.3 is 0 Å². The molecule has 0 aliphatic carbocycles. The fraction of sp³-hybridized carbons (Fsp3) is 0.636. The van der Waals surface area contributed by atoms with Crippen molar-refractivity contribution in [2.24, 2.45) is 0 Å². The highest BCUT2D eigenvalue weighted by molar-refractivity contribution is 7.16. The van der Waals surface area contributed by atoms with Crippen molar-refractivity contribution >= 4 is 22.9 Å². The smallest absolute Gasteiger partial charge is 0.0934 e. The van der Waals surface area contributed by atoms with Crippen molar-refractivity contribution in [1.82, 2.24) is 0 Å². The van der Waals surface area contributed by atoms with Crippen LogP contribution in [0.1, 0.15) is 57.4 Å². The van der Waals surface area contributed by atoms with Gasteiger partial charge in [0.15, 0.2) is 0 Å². The van der Waals surface area contributed by atoms with E-state index in [0.29, 0.717) is 11.8 Å². The van der Waals surface area contributed by atoms with Gasteiger partial charge < -0.3 is 0 Å². The van der Waals surface area contributed by atoms with Crippen molar-refractivity contribution in [2.75, 3.05) is 0 Å². The Hall–Kier alpha value is -0.0100. The SMILES string of the molecule is C.CC(C)c1cc(Cl)sc1C(C)C. The van der Waals surface area contributed by atoms with Gasteiger partial charge in [-0.2, -0.15) is 0 Å². The Morgan fingerprint density at radius 1 is 1.15 bits per heavy atom. The minimum Gasteiger partial charge on any atom is -0.128 e. The molecule has 0 saturated heterocycles. The highest BCUT2D eigenvalue weighted by atomic mass is 35.5. The molecule has 1 rings (SSSR count). The van der Waals surface area contributed by atoms with E-state index in [2.05, 4.69) is 33.8 Å². The number of thiophene rings is 1. The highest BCUT2D eigenvalue weighted by Crippen LogP contribution is 2.36. The van der Waals surface area contributed by atoms with E-state index in [1.54, 1.807) is 11.3 Å². The molecule has 0 aliphatic heterocycles. The van der Waals surface area contributed by atoms with Crippen LogP contribution in [0.3, 0.4) is 0 Å². The molecule has 1 aromatic heterocycles. The van der Waals surface area contributed by atoms with E-state index in [1.807, 2.05) is 0 Å². The van der Waals surface area contributed by atoms with Crippen molar-refractivity contribution in [2.45, 2.75) is 47.0 Å². The van der Waals surface area contributed by atoms with E-state index < -0.39 is 0 Å². The Morgan fingerprint density at radius 3 is 2.00 bits per heavy atom. The first-order valence-electron chi connectivity index (χ1n) is 4.31. The maximum atomic E-state index is 5.97. The number of rotatable bonds is 2. The second-order valence-corrected chi connectivity index (χ2v) is 5.39. The third-order valence-corrected chi connectivity index (χ3v) is 3.49. The standard InChI is InChI=1S/C10H15ClS.CH4/c1-6(2)8-5-9(11)12-10(8)7(3)4;/h5-7H,1-4H3;1H4. The molecular formula is C11H19ClS. The quantitative estimate of drug-likeness (QED) is 0.633. The number of hydrogen-bond acceptors (Lipinski definition) is 1. The average molecular weight is 219 g/mol. The van der Waals surface area contributed by atoms with Gasteiger partial charge in [0.2, 0.25) is 0 Å². The minimum atomic E-state index is 0. The summed E-state index contributed by atoms with van der Waals surface area (Å²) in [6.45, 7) is 8.86. The molecule has 0 amide bonds. The summed E-state index contributed by atoms with van der Waals surface area (Å²) in [5.41, 5.74) is 1.42. The summed E-state index contributed by atoms with van der Waals surface area (Å²) in [4.78, 5) is 1.44. The maximum absolute atomic E-state index is 5.97. The normalized spacial score (nSPS) is 10.7. The van der Waals surface area contributed by atoms with E-state index in [9.17, 15) is 0 Å². The minimum absolute atomic E-state index is 0. The Labute approximate surface area is 90.9 Å². The molecule has 1 heterocycles. The van der Waals surface area contributed by atoms with Crippen molar-refractivity contribution in [3.63, 3.8) is 0 Å². The molecule has 1 aromatic rings. The zero-order valence-corrected chi connectivity index (χ0v) is 9.59. The van der Waals surface area contributed by atoms with E-state index in [-0.39, 0.29) is 7.43 Å². The second-order valence-electron chi connectivity index (χ2n) is 3.68. The van der Waals surface area contributed by atoms with Crippen LogP contribution in [0.2, 0.25) is 4.34 Å². The summed E-state index contributed by atoms with van der Waals surface area (Å²) in [6.07, 6.45) is 0. The monoisotopic (exact) mass is 218 g/mol. The largest absolute Gasteiger partial charge is 0.128 e. The maximum Gasteiger partial charge on any atom is 0.0934 e. The first-order valence-corrected chi connectivity index (χ1v) is 5.51. The molecule has 0 radical (unpaired) electrons. The molecule has 0 aromatic carbocycles. The van der Waals surface area contributed by atoms with Gasteiger partial charge in [0.05, 0.1) is 4.34 Å². The molecule has 0 bridgehead atoms. The van der Waals surface area contributed by atoms with Crippen LogP contribution >= 0.6 is 22.9 Å². The topological polar surface area (TPSA) is 0 Å². The molecular weight excluding hydrogens is 200 g/mol. The number of hydrogen-bond donors (Lipinski definition) is 0. The molecule has 0 fully saturated rings. The summed E-state index contributed by atoms with van der Waals surface area (Å²) >= 11 is 7.69. The summed E-state index contributed by atoms with van der Waals surface area (Å²) in [5, 5.41) is 0. The Balaban J connectivity index is 0.00000144. The van der Waals surface area contributed by atoms with Gasteiger partial charge in [0, 0.05) is 4.88 Å². The lowest BCUT2D eigenvalue weighted by Crippen LogP contribution is -1.91. The third-order valence-electron chi connectivity index (χ3n) is 1.91. The van der Waals surface area contributed by atoms with E-state index in [0.717, 1.165) is 4.34 Å². The first kappa shape index (κ1) is 13.0. The van der Waals surface area contributed by atoms with Gasteiger partial charge in [-0.3, -0.25) is 0 Å². The molecule has 0 saturated carbocycles. The van der Waals surface area contributed by atoms with E-state index in [1.165, 1.54) is 10.4 Å². The Bertz CT molecular complexity index is 236. The zero-order valence-electron chi connectivity index (χ0n) is 8.02. The first-order chi connectivity index (χ1) is 5.52. The molecule has 0 N–H and O–H groups in total. The van der Waals surface area contributed by atoms with Crippen LogP contribution in [0.25, 0.3) is 0 Å². The van der Waals surface area contributed by atoms with Crippen LogP contribution in [-0.2, 0) is 0 Å². The van der Waals surface area contributed by atoms with E-state index in [4.69, 9.17) is 11.6 Å². The fourth-order valence-corrected chi connectivity index (χ4v) is 2.70. The summed E-state index contributed by atoms with van der Waals surface area (Å²) < 4.78 is 0.919. The summed E-state index contributed by atoms with van der Waals surface area (Å²) in [7, 11) is 0.